The average molecular weight is 402 g/mol. The van der Waals surface area contributed by atoms with E-state index in [0.29, 0.717) is 37.7 Å². The van der Waals surface area contributed by atoms with E-state index in [1.807, 2.05) is 43.9 Å². The van der Waals surface area contributed by atoms with Crippen molar-refractivity contribution in [2.24, 2.45) is 5.92 Å². The van der Waals surface area contributed by atoms with Crippen molar-refractivity contribution in [2.45, 2.75) is 52.6 Å². The maximum atomic E-state index is 12.9. The van der Waals surface area contributed by atoms with E-state index in [1.54, 1.807) is 11.8 Å². The molecule has 3 rings (SSSR count). The number of piperidine rings is 1. The van der Waals surface area contributed by atoms with Crippen molar-refractivity contribution < 1.29 is 19.1 Å². The van der Waals surface area contributed by atoms with Crippen molar-refractivity contribution in [2.75, 3.05) is 31.1 Å². The Balaban J connectivity index is 1.51. The molecule has 2 aliphatic heterocycles. The highest BCUT2D eigenvalue weighted by atomic mass is 16.6. The zero-order chi connectivity index (χ0) is 21.2. The van der Waals surface area contributed by atoms with Crippen LogP contribution in [0.15, 0.2) is 18.2 Å². The number of fused-ring (bicyclic) bond motifs is 1. The largest absolute Gasteiger partial charge is 0.444 e. The molecule has 158 valence electrons. The molecule has 2 aliphatic rings. The molecule has 29 heavy (non-hydrogen) atoms. The highest BCUT2D eigenvalue weighted by Crippen LogP contribution is 2.29. The van der Waals surface area contributed by atoms with Gasteiger partial charge in [-0.3, -0.25) is 9.59 Å². The topological polar surface area (TPSA) is 79.0 Å². The standard InChI is InChI=1S/C22H31N3O4/c1-15(26)25-12-9-17-13-18(5-6-19(17)25)20(27)24-10-7-16(8-11-24)14-23-21(28)29-22(2,3)4/h5-6,13,16H,7-12,14H2,1-4H3,(H,23,28). The van der Waals surface area contributed by atoms with E-state index >= 15 is 0 Å². The molecule has 7 nitrogen and oxygen atoms in total. The lowest BCUT2D eigenvalue weighted by Crippen LogP contribution is -2.42. The minimum atomic E-state index is -0.503. The van der Waals surface area contributed by atoms with Crippen LogP contribution in [0.5, 0.6) is 0 Å². The van der Waals surface area contributed by atoms with E-state index in [-0.39, 0.29) is 11.8 Å². The summed E-state index contributed by atoms with van der Waals surface area (Å²) in [4.78, 5) is 40.0. The molecule has 0 spiro atoms. The van der Waals surface area contributed by atoms with E-state index in [9.17, 15) is 14.4 Å². The highest BCUT2D eigenvalue weighted by Gasteiger charge is 2.27. The number of anilines is 1. The van der Waals surface area contributed by atoms with Gasteiger partial charge in [0.25, 0.3) is 5.91 Å². The predicted molar refractivity (Wildman–Crippen MR) is 111 cm³/mol. The van der Waals surface area contributed by atoms with Crippen molar-refractivity contribution in [3.05, 3.63) is 29.3 Å². The first-order chi connectivity index (χ1) is 13.6. The van der Waals surface area contributed by atoms with Crippen LogP contribution in [0.4, 0.5) is 10.5 Å². The number of amides is 3. The summed E-state index contributed by atoms with van der Waals surface area (Å²) in [6.45, 7) is 9.69. The number of likely N-dealkylation sites (tertiary alicyclic amines) is 1. The fourth-order valence-corrected chi connectivity index (χ4v) is 3.93. The fraction of sp³-hybridized carbons (Fsp3) is 0.591. The van der Waals surface area contributed by atoms with Crippen LogP contribution in [0, 0.1) is 5.92 Å². The molecule has 7 heteroatoms. The van der Waals surface area contributed by atoms with Gasteiger partial charge in [-0.05, 0) is 69.7 Å². The van der Waals surface area contributed by atoms with Crippen LogP contribution in [0.25, 0.3) is 0 Å². The van der Waals surface area contributed by atoms with E-state index in [2.05, 4.69) is 5.32 Å². The Bertz CT molecular complexity index is 792. The Morgan fingerprint density at radius 2 is 1.83 bits per heavy atom. The van der Waals surface area contributed by atoms with Crippen molar-refractivity contribution >= 4 is 23.6 Å². The molecule has 1 N–H and O–H groups in total. The van der Waals surface area contributed by atoms with Crippen LogP contribution in [0.3, 0.4) is 0 Å². The summed E-state index contributed by atoms with van der Waals surface area (Å²) in [6.07, 6.45) is 2.10. The minimum Gasteiger partial charge on any atom is -0.444 e. The van der Waals surface area contributed by atoms with Gasteiger partial charge in [-0.25, -0.2) is 4.79 Å². The molecular weight excluding hydrogens is 370 g/mol. The third-order valence-corrected chi connectivity index (χ3v) is 5.44. The van der Waals surface area contributed by atoms with Gasteiger partial charge in [0.2, 0.25) is 5.91 Å². The lowest BCUT2D eigenvalue weighted by atomic mass is 9.96. The maximum absolute atomic E-state index is 12.9. The summed E-state index contributed by atoms with van der Waals surface area (Å²) < 4.78 is 5.27. The first-order valence-electron chi connectivity index (χ1n) is 10.3. The lowest BCUT2D eigenvalue weighted by Gasteiger charge is -2.32. The van der Waals surface area contributed by atoms with Gasteiger partial charge in [0.05, 0.1) is 0 Å². The molecule has 1 fully saturated rings. The Hall–Kier alpha value is -2.57. The van der Waals surface area contributed by atoms with E-state index < -0.39 is 11.7 Å². The van der Waals surface area contributed by atoms with Gasteiger partial charge < -0.3 is 19.9 Å². The van der Waals surface area contributed by atoms with Gasteiger partial charge in [-0.15, -0.1) is 0 Å². The monoisotopic (exact) mass is 401 g/mol. The van der Waals surface area contributed by atoms with E-state index in [4.69, 9.17) is 4.74 Å². The molecule has 0 aromatic heterocycles. The molecular formula is C22H31N3O4. The summed E-state index contributed by atoms with van der Waals surface area (Å²) in [5.74, 6) is 0.410. The van der Waals surface area contributed by atoms with Crippen LogP contribution >= 0.6 is 0 Å². The number of hydrogen-bond donors (Lipinski definition) is 1. The van der Waals surface area contributed by atoms with Gasteiger partial charge in [0.15, 0.2) is 0 Å². The number of carbonyl (C=O) groups excluding carboxylic acids is 3. The molecule has 1 saturated heterocycles. The van der Waals surface area contributed by atoms with Gasteiger partial charge in [-0.1, -0.05) is 0 Å². The summed E-state index contributed by atoms with van der Waals surface area (Å²) >= 11 is 0. The number of hydrogen-bond acceptors (Lipinski definition) is 4. The summed E-state index contributed by atoms with van der Waals surface area (Å²) in [5, 5.41) is 2.83. The first-order valence-corrected chi connectivity index (χ1v) is 10.3. The molecule has 2 heterocycles. The molecule has 0 bridgehead atoms. The Labute approximate surface area is 172 Å². The number of benzene rings is 1. The van der Waals surface area contributed by atoms with Gasteiger partial charge >= 0.3 is 6.09 Å². The predicted octanol–water partition coefficient (Wildman–Crippen LogP) is 2.97. The summed E-state index contributed by atoms with van der Waals surface area (Å²) in [6, 6.07) is 5.63. The second kappa shape index (κ2) is 8.43. The maximum Gasteiger partial charge on any atom is 0.407 e. The minimum absolute atomic E-state index is 0.0323. The zero-order valence-electron chi connectivity index (χ0n) is 17.8. The zero-order valence-corrected chi connectivity index (χ0v) is 17.8. The van der Waals surface area contributed by atoms with Gasteiger partial charge in [0, 0.05) is 44.4 Å². The summed E-state index contributed by atoms with van der Waals surface area (Å²) in [7, 11) is 0. The van der Waals surface area contributed by atoms with Crippen molar-refractivity contribution in [3.63, 3.8) is 0 Å². The van der Waals surface area contributed by atoms with Crippen molar-refractivity contribution in [3.8, 4) is 0 Å². The van der Waals surface area contributed by atoms with Crippen LogP contribution in [0.2, 0.25) is 0 Å². The number of alkyl carbamates (subject to hydrolysis) is 1. The molecule has 0 saturated carbocycles. The second-order valence-corrected chi connectivity index (χ2v) is 8.88. The van der Waals surface area contributed by atoms with Gasteiger partial charge in [0.1, 0.15) is 5.60 Å². The molecule has 0 atom stereocenters. The fourth-order valence-electron chi connectivity index (χ4n) is 3.93. The van der Waals surface area contributed by atoms with Gasteiger partial charge in [-0.2, -0.15) is 0 Å². The third-order valence-electron chi connectivity index (χ3n) is 5.44. The summed E-state index contributed by atoms with van der Waals surface area (Å²) in [5.41, 5.74) is 2.15. The molecule has 1 aromatic rings. The number of rotatable bonds is 3. The van der Waals surface area contributed by atoms with E-state index in [1.165, 1.54) is 0 Å². The average Bonchev–Trinajstić information content (AvgIpc) is 3.08. The number of ether oxygens (including phenoxy) is 1. The lowest BCUT2D eigenvalue weighted by molar-refractivity contribution is -0.116. The second-order valence-electron chi connectivity index (χ2n) is 8.88. The SMILES string of the molecule is CC(=O)N1CCc2cc(C(=O)N3CCC(CNC(=O)OC(C)(C)C)CC3)ccc21. The number of nitrogens with one attached hydrogen (secondary N) is 1. The number of nitrogens with zero attached hydrogens (tertiary/aromatic N) is 2. The van der Waals surface area contributed by atoms with Crippen molar-refractivity contribution in [1.29, 1.82) is 0 Å². The number of carbonyl (C=O) groups is 3. The van der Waals surface area contributed by atoms with E-state index in [0.717, 1.165) is 30.5 Å². The molecule has 0 unspecified atom stereocenters. The van der Waals surface area contributed by atoms with Crippen LogP contribution in [-0.4, -0.2) is 54.6 Å². The smallest absolute Gasteiger partial charge is 0.407 e. The van der Waals surface area contributed by atoms with Crippen molar-refractivity contribution in [1.82, 2.24) is 10.2 Å². The normalized spacial score (nSPS) is 17.1. The van der Waals surface area contributed by atoms with Crippen LogP contribution < -0.4 is 10.2 Å². The third kappa shape index (κ3) is 5.28. The Morgan fingerprint density at radius 3 is 2.45 bits per heavy atom. The Morgan fingerprint density at radius 1 is 1.14 bits per heavy atom. The molecule has 0 radical (unpaired) electrons. The molecule has 1 aromatic carbocycles. The van der Waals surface area contributed by atoms with Crippen LogP contribution in [-0.2, 0) is 16.0 Å². The molecule has 0 aliphatic carbocycles. The Kier molecular flexibility index (Phi) is 6.15. The quantitative estimate of drug-likeness (QED) is 0.845. The molecule has 3 amide bonds. The highest BCUT2D eigenvalue weighted by molar-refractivity contribution is 5.97. The first kappa shape index (κ1) is 21.1. The van der Waals surface area contributed by atoms with Crippen LogP contribution in [0.1, 0.15) is 56.5 Å².